The Labute approximate surface area is 267 Å². The highest BCUT2D eigenvalue weighted by Crippen LogP contribution is 2.76. The summed E-state index contributed by atoms with van der Waals surface area (Å²) in [6, 6.07) is 0. The van der Waals surface area contributed by atoms with Gasteiger partial charge in [-0.05, 0) is 109 Å². The Bertz CT molecular complexity index is 1260. The van der Waals surface area contributed by atoms with Gasteiger partial charge in [0.25, 0.3) is 0 Å². The Kier molecular flexibility index (Phi) is 7.78. The van der Waals surface area contributed by atoms with Crippen LogP contribution in [-0.4, -0.2) is 74.3 Å². The topological polar surface area (TPSA) is 154 Å². The lowest BCUT2D eigenvalue weighted by atomic mass is 9.33. The zero-order valence-corrected chi connectivity index (χ0v) is 28.2. The van der Waals surface area contributed by atoms with Gasteiger partial charge in [0, 0.05) is 0 Å². The maximum Gasteiger partial charge on any atom is 0.335 e. The maximum atomic E-state index is 12.9. The van der Waals surface area contributed by atoms with Crippen molar-refractivity contribution in [2.45, 2.75) is 149 Å². The van der Waals surface area contributed by atoms with Crippen LogP contribution in [0.2, 0.25) is 0 Å². The van der Waals surface area contributed by atoms with Gasteiger partial charge in [0.05, 0.1) is 11.5 Å². The number of ether oxygens (including phenoxy) is 2. The van der Waals surface area contributed by atoms with Crippen LogP contribution < -0.4 is 0 Å². The van der Waals surface area contributed by atoms with Gasteiger partial charge in [-0.2, -0.15) is 0 Å². The largest absolute Gasteiger partial charge is 0.481 e. The molecule has 0 spiro atoms. The molecule has 5 N–H and O–H groups in total. The first kappa shape index (κ1) is 33.4. The van der Waals surface area contributed by atoms with E-state index >= 15 is 0 Å². The lowest BCUT2D eigenvalue weighted by molar-refractivity contribution is -0.324. The molecule has 9 nitrogen and oxygen atoms in total. The Balaban J connectivity index is 1.29. The molecule has 0 aromatic heterocycles. The van der Waals surface area contributed by atoms with Crippen LogP contribution in [0.5, 0.6) is 0 Å². The average Bonchev–Trinajstić information content (AvgIpc) is 2.94. The van der Waals surface area contributed by atoms with Crippen LogP contribution in [0.25, 0.3) is 0 Å². The van der Waals surface area contributed by atoms with Gasteiger partial charge in [0.1, 0.15) is 18.3 Å². The molecule has 13 unspecified atom stereocenters. The second kappa shape index (κ2) is 10.5. The van der Waals surface area contributed by atoms with Crippen LogP contribution in [0.1, 0.15) is 113 Å². The van der Waals surface area contributed by atoms with Crippen molar-refractivity contribution in [1.29, 1.82) is 0 Å². The highest BCUT2D eigenvalue weighted by Gasteiger charge is 2.69. The van der Waals surface area contributed by atoms with E-state index in [1.807, 2.05) is 0 Å². The molecule has 45 heavy (non-hydrogen) atoms. The summed E-state index contributed by atoms with van der Waals surface area (Å²) >= 11 is 0. The zero-order chi connectivity index (χ0) is 33.1. The summed E-state index contributed by atoms with van der Waals surface area (Å²) in [6.45, 7) is 16.4. The maximum absolute atomic E-state index is 12.9. The molecule has 0 aromatic carbocycles. The highest BCUT2D eigenvalue weighted by molar-refractivity contribution is 5.76. The number of fused-ring (bicyclic) bond motifs is 7. The van der Waals surface area contributed by atoms with E-state index in [-0.39, 0.29) is 39.1 Å². The predicted molar refractivity (Wildman–Crippen MR) is 166 cm³/mol. The lowest BCUT2D eigenvalue weighted by Gasteiger charge is -2.71. The van der Waals surface area contributed by atoms with Crippen molar-refractivity contribution in [3.63, 3.8) is 0 Å². The van der Waals surface area contributed by atoms with Crippen LogP contribution >= 0.6 is 0 Å². The van der Waals surface area contributed by atoms with Crippen molar-refractivity contribution in [2.24, 2.45) is 50.2 Å². The van der Waals surface area contributed by atoms with E-state index in [2.05, 4.69) is 54.5 Å². The van der Waals surface area contributed by atoms with E-state index < -0.39 is 48.1 Å². The number of aliphatic hydroxyl groups is 3. The van der Waals surface area contributed by atoms with Crippen molar-refractivity contribution in [3.8, 4) is 0 Å². The van der Waals surface area contributed by atoms with E-state index in [0.717, 1.165) is 57.8 Å². The number of rotatable bonds is 4. The first-order valence-electron chi connectivity index (χ1n) is 17.3. The Morgan fingerprint density at radius 3 is 2.13 bits per heavy atom. The summed E-state index contributed by atoms with van der Waals surface area (Å²) in [4.78, 5) is 24.6. The van der Waals surface area contributed by atoms with Crippen LogP contribution in [0.15, 0.2) is 11.6 Å². The molecule has 254 valence electrons. The zero-order valence-electron chi connectivity index (χ0n) is 28.2. The molecule has 0 radical (unpaired) electrons. The number of aliphatic hydroxyl groups excluding tert-OH is 3. The van der Waals surface area contributed by atoms with Gasteiger partial charge in [0.15, 0.2) is 12.4 Å². The van der Waals surface area contributed by atoms with E-state index in [1.54, 1.807) is 0 Å². The molecule has 0 amide bonds. The van der Waals surface area contributed by atoms with Gasteiger partial charge < -0.3 is 35.0 Å². The van der Waals surface area contributed by atoms with E-state index in [1.165, 1.54) is 5.57 Å². The third-order valence-corrected chi connectivity index (χ3v) is 15.1. The molecule has 1 saturated heterocycles. The summed E-state index contributed by atoms with van der Waals surface area (Å²) < 4.78 is 11.9. The number of allylic oxidation sites excluding steroid dienone is 2. The molecule has 4 saturated carbocycles. The van der Waals surface area contributed by atoms with Crippen LogP contribution in [0.3, 0.4) is 0 Å². The molecule has 0 aromatic rings. The number of carboxylic acid groups (broad SMARTS) is 2. The molecule has 1 aliphatic heterocycles. The minimum absolute atomic E-state index is 0.0000841. The van der Waals surface area contributed by atoms with Crippen LogP contribution in [0, 0.1) is 50.2 Å². The number of carboxylic acids is 2. The molecule has 5 aliphatic carbocycles. The summed E-state index contributed by atoms with van der Waals surface area (Å²) in [7, 11) is 0. The number of hydrogen-bond acceptors (Lipinski definition) is 7. The molecule has 13 atom stereocenters. The smallest absolute Gasteiger partial charge is 0.335 e. The fourth-order valence-corrected chi connectivity index (χ4v) is 12.2. The predicted octanol–water partition coefficient (Wildman–Crippen LogP) is 5.15. The minimum Gasteiger partial charge on any atom is -0.481 e. The van der Waals surface area contributed by atoms with Gasteiger partial charge in [0.2, 0.25) is 0 Å². The molecule has 6 rings (SSSR count). The SMILES string of the molecule is CC1(C)CCC2(C(=O)O)CCC3(C)C(=CCC4C5(C)CCC(OC6OC(C(=O)O)C(O)C(O)C6O)C(C)(C)C5CCC43C)C2C1. The van der Waals surface area contributed by atoms with E-state index in [0.29, 0.717) is 18.3 Å². The lowest BCUT2D eigenvalue weighted by Crippen LogP contribution is -2.66. The van der Waals surface area contributed by atoms with Crippen molar-refractivity contribution >= 4 is 11.9 Å². The third-order valence-electron chi connectivity index (χ3n) is 15.1. The van der Waals surface area contributed by atoms with Crippen LogP contribution in [0.4, 0.5) is 0 Å². The molecular weight excluding hydrogens is 576 g/mol. The first-order valence-corrected chi connectivity index (χ1v) is 17.3. The fraction of sp³-hybridized carbons (Fsp3) is 0.889. The monoisotopic (exact) mass is 632 g/mol. The Hall–Kier alpha value is -1.52. The second-order valence-electron chi connectivity index (χ2n) is 17.9. The second-order valence-corrected chi connectivity index (χ2v) is 17.9. The van der Waals surface area contributed by atoms with Crippen molar-refractivity contribution < 1.29 is 44.6 Å². The van der Waals surface area contributed by atoms with Crippen molar-refractivity contribution in [1.82, 2.24) is 0 Å². The first-order chi connectivity index (χ1) is 20.7. The molecule has 0 bridgehead atoms. The summed E-state index contributed by atoms with van der Waals surface area (Å²) in [5.41, 5.74) is 0.508. The van der Waals surface area contributed by atoms with Gasteiger partial charge in [-0.1, -0.05) is 60.1 Å². The molecule has 1 heterocycles. The normalized spacial score (nSPS) is 51.9. The fourth-order valence-electron chi connectivity index (χ4n) is 12.2. The van der Waals surface area contributed by atoms with Gasteiger partial charge in [-0.25, -0.2) is 4.79 Å². The van der Waals surface area contributed by atoms with Crippen LogP contribution in [-0.2, 0) is 19.1 Å². The molecule has 5 fully saturated rings. The minimum atomic E-state index is -1.75. The van der Waals surface area contributed by atoms with Gasteiger partial charge in [-0.3, -0.25) is 4.79 Å². The Morgan fingerprint density at radius 1 is 0.822 bits per heavy atom. The average molecular weight is 633 g/mol. The number of aliphatic carboxylic acids is 2. The summed E-state index contributed by atoms with van der Waals surface area (Å²) in [6.07, 6.45) is 2.94. The third kappa shape index (κ3) is 4.57. The molecular formula is C36H56O9. The van der Waals surface area contributed by atoms with E-state index in [9.17, 15) is 35.1 Å². The Morgan fingerprint density at radius 2 is 1.49 bits per heavy atom. The number of carbonyl (C=O) groups is 2. The summed E-state index contributed by atoms with van der Waals surface area (Å²) in [5, 5.41) is 51.4. The molecule has 6 aliphatic rings. The van der Waals surface area contributed by atoms with Gasteiger partial charge in [-0.15, -0.1) is 0 Å². The quantitative estimate of drug-likeness (QED) is 0.209. The van der Waals surface area contributed by atoms with Crippen molar-refractivity contribution in [3.05, 3.63) is 11.6 Å². The van der Waals surface area contributed by atoms with E-state index in [4.69, 9.17) is 9.47 Å². The standard InChI is InChI=1S/C36H56O9/c1-31(2)14-16-36(30(42)43)17-15-34(6)19(20(36)18-31)8-9-22-33(5)12-11-23(32(3,4)21(33)10-13-35(22,34)7)44-29-26(39)24(37)25(38)27(45-29)28(40)41/h8,20-27,29,37-39H,9-18H2,1-7H3,(H,40,41)(H,42,43). The highest BCUT2D eigenvalue weighted by atomic mass is 16.7. The summed E-state index contributed by atoms with van der Waals surface area (Å²) in [5.74, 6) is -1.24. The van der Waals surface area contributed by atoms with Gasteiger partial charge >= 0.3 is 11.9 Å². The molecule has 9 heteroatoms. The van der Waals surface area contributed by atoms with Crippen molar-refractivity contribution in [2.75, 3.05) is 0 Å². The number of hydrogen-bond donors (Lipinski definition) is 5.